The van der Waals surface area contributed by atoms with Crippen LogP contribution in [0.2, 0.25) is 5.02 Å². The van der Waals surface area contributed by atoms with E-state index in [9.17, 15) is 18.0 Å². The highest BCUT2D eigenvalue weighted by Gasteiger charge is 2.30. The minimum Gasteiger partial charge on any atom is -0.331 e. The molecule has 0 saturated heterocycles. The molecule has 0 radical (unpaired) electrons. The molecule has 0 bridgehead atoms. The predicted molar refractivity (Wildman–Crippen MR) is 122 cm³/mol. The minimum absolute atomic E-state index is 0.0693. The Morgan fingerprint density at radius 3 is 2.41 bits per heavy atom. The summed E-state index contributed by atoms with van der Waals surface area (Å²) in [5.41, 5.74) is 1.92. The molecule has 2 N–H and O–H groups in total. The quantitative estimate of drug-likeness (QED) is 0.316. The number of thiazole rings is 1. The molecule has 0 aliphatic rings. The number of nitrogens with zero attached hydrogens (tertiary/aromatic N) is 1. The zero-order chi connectivity index (χ0) is 22.7. The van der Waals surface area contributed by atoms with Gasteiger partial charge in [-0.05, 0) is 48.5 Å². The fraction of sp³-hybridized carbons (Fsp3) is 0.0435. The Labute approximate surface area is 190 Å². The molecule has 1 amide bonds. The summed E-state index contributed by atoms with van der Waals surface area (Å²) in [6, 6.07) is 18.5. The molecule has 4 nitrogen and oxygen atoms in total. The second kappa shape index (κ2) is 9.02. The molecule has 0 unspecified atom stereocenters. The maximum atomic E-state index is 12.9. The first-order valence-electron chi connectivity index (χ1n) is 9.35. The lowest BCUT2D eigenvalue weighted by molar-refractivity contribution is -0.137. The Morgan fingerprint density at radius 2 is 1.69 bits per heavy atom. The van der Waals surface area contributed by atoms with E-state index < -0.39 is 17.6 Å². The van der Waals surface area contributed by atoms with Gasteiger partial charge in [-0.2, -0.15) is 13.2 Å². The number of amides is 1. The summed E-state index contributed by atoms with van der Waals surface area (Å²) in [5.74, 6) is -0.620. The van der Waals surface area contributed by atoms with E-state index in [2.05, 4.69) is 15.6 Å². The summed E-state index contributed by atoms with van der Waals surface area (Å²) < 4.78 is 38.6. The van der Waals surface area contributed by atoms with E-state index in [1.165, 1.54) is 23.5 Å². The first-order valence-corrected chi connectivity index (χ1v) is 10.6. The normalized spacial score (nSPS) is 11.2. The molecule has 0 spiro atoms. The SMILES string of the molecule is O=C(Nc1ccc(-c2csc(Nc3cccc(Cl)c3)n2)cc1)c1cccc(C(F)(F)F)c1. The van der Waals surface area contributed by atoms with E-state index in [0.717, 1.165) is 29.1 Å². The Balaban J connectivity index is 1.44. The predicted octanol–water partition coefficient (Wildman–Crippen LogP) is 7.48. The first-order chi connectivity index (χ1) is 15.3. The van der Waals surface area contributed by atoms with Gasteiger partial charge in [-0.1, -0.05) is 35.9 Å². The van der Waals surface area contributed by atoms with Gasteiger partial charge in [0.15, 0.2) is 5.13 Å². The van der Waals surface area contributed by atoms with Gasteiger partial charge in [-0.3, -0.25) is 4.79 Å². The number of alkyl halides is 3. The summed E-state index contributed by atoms with van der Waals surface area (Å²) in [7, 11) is 0. The molecule has 3 aromatic carbocycles. The number of carbonyl (C=O) groups excluding carboxylic acids is 1. The second-order valence-corrected chi connectivity index (χ2v) is 8.08. The number of anilines is 3. The number of hydrogen-bond acceptors (Lipinski definition) is 4. The molecule has 4 rings (SSSR count). The van der Waals surface area contributed by atoms with Crippen LogP contribution in [0.3, 0.4) is 0 Å². The van der Waals surface area contributed by atoms with Crippen LogP contribution in [0.15, 0.2) is 78.2 Å². The maximum Gasteiger partial charge on any atom is 0.416 e. The van der Waals surface area contributed by atoms with Gasteiger partial charge in [0.1, 0.15) is 0 Å². The third kappa shape index (κ3) is 5.27. The topological polar surface area (TPSA) is 54.0 Å². The maximum absolute atomic E-state index is 12.9. The standard InChI is InChI=1S/C23H15ClF3N3OS/c24-17-5-2-6-19(12-17)29-22-30-20(13-32-22)14-7-9-18(10-8-14)28-21(31)15-3-1-4-16(11-15)23(25,26)27/h1-13H,(H,28,31)(H,29,30). The van der Waals surface area contributed by atoms with Crippen molar-refractivity contribution in [3.63, 3.8) is 0 Å². The average molecular weight is 474 g/mol. The molecule has 0 aliphatic carbocycles. The Hall–Kier alpha value is -3.36. The van der Waals surface area contributed by atoms with Gasteiger partial charge >= 0.3 is 6.18 Å². The first kappa shape index (κ1) is 21.9. The smallest absolute Gasteiger partial charge is 0.331 e. The summed E-state index contributed by atoms with van der Waals surface area (Å²) >= 11 is 7.43. The molecule has 0 fully saturated rings. The number of carbonyl (C=O) groups is 1. The Kier molecular flexibility index (Phi) is 6.16. The van der Waals surface area contributed by atoms with Gasteiger partial charge < -0.3 is 10.6 Å². The monoisotopic (exact) mass is 473 g/mol. The van der Waals surface area contributed by atoms with Crippen LogP contribution in [-0.4, -0.2) is 10.9 Å². The molecule has 0 atom stereocenters. The van der Waals surface area contributed by atoms with Crippen molar-refractivity contribution in [2.75, 3.05) is 10.6 Å². The Bertz CT molecular complexity index is 1260. The molecule has 1 aromatic heterocycles. The molecule has 9 heteroatoms. The van der Waals surface area contributed by atoms with E-state index in [4.69, 9.17) is 11.6 Å². The lowest BCUT2D eigenvalue weighted by atomic mass is 10.1. The molecule has 1 heterocycles. The lowest BCUT2D eigenvalue weighted by Crippen LogP contribution is -2.13. The van der Waals surface area contributed by atoms with Crippen LogP contribution in [0.25, 0.3) is 11.3 Å². The molecule has 32 heavy (non-hydrogen) atoms. The van der Waals surface area contributed by atoms with Crippen molar-refractivity contribution >= 4 is 45.4 Å². The number of aromatic nitrogens is 1. The number of halogens is 4. The van der Waals surface area contributed by atoms with Crippen LogP contribution in [0.4, 0.5) is 29.7 Å². The van der Waals surface area contributed by atoms with Crippen molar-refractivity contribution in [2.24, 2.45) is 0 Å². The highest BCUT2D eigenvalue weighted by Crippen LogP contribution is 2.30. The van der Waals surface area contributed by atoms with Gasteiger partial charge in [0.25, 0.3) is 5.91 Å². The average Bonchev–Trinajstić information content (AvgIpc) is 3.22. The van der Waals surface area contributed by atoms with Crippen LogP contribution in [0.1, 0.15) is 15.9 Å². The van der Waals surface area contributed by atoms with Crippen LogP contribution in [-0.2, 0) is 6.18 Å². The van der Waals surface area contributed by atoms with Gasteiger partial charge in [-0.15, -0.1) is 11.3 Å². The summed E-state index contributed by atoms with van der Waals surface area (Å²) in [6.07, 6.45) is -4.51. The van der Waals surface area contributed by atoms with E-state index in [0.29, 0.717) is 15.8 Å². The van der Waals surface area contributed by atoms with Crippen molar-refractivity contribution in [1.82, 2.24) is 4.98 Å². The van der Waals surface area contributed by atoms with Crippen molar-refractivity contribution in [1.29, 1.82) is 0 Å². The summed E-state index contributed by atoms with van der Waals surface area (Å²) in [6.45, 7) is 0. The third-order valence-corrected chi connectivity index (χ3v) is 5.46. The summed E-state index contributed by atoms with van der Waals surface area (Å²) in [4.78, 5) is 16.9. The van der Waals surface area contributed by atoms with Crippen LogP contribution in [0, 0.1) is 0 Å². The van der Waals surface area contributed by atoms with Crippen molar-refractivity contribution in [3.05, 3.63) is 94.3 Å². The molecule has 4 aromatic rings. The van der Waals surface area contributed by atoms with Crippen LogP contribution >= 0.6 is 22.9 Å². The van der Waals surface area contributed by atoms with Crippen molar-refractivity contribution in [3.8, 4) is 11.3 Å². The zero-order valence-electron chi connectivity index (χ0n) is 16.3. The van der Waals surface area contributed by atoms with Crippen molar-refractivity contribution in [2.45, 2.75) is 6.18 Å². The van der Waals surface area contributed by atoms with Gasteiger partial charge in [0.05, 0.1) is 11.3 Å². The number of hydrogen-bond donors (Lipinski definition) is 2. The molecule has 0 saturated carbocycles. The van der Waals surface area contributed by atoms with E-state index in [1.807, 2.05) is 17.5 Å². The number of rotatable bonds is 5. The molecule has 0 aliphatic heterocycles. The highest BCUT2D eigenvalue weighted by atomic mass is 35.5. The summed E-state index contributed by atoms with van der Waals surface area (Å²) in [5, 5.41) is 9.01. The van der Waals surface area contributed by atoms with Gasteiger partial charge in [-0.25, -0.2) is 4.98 Å². The van der Waals surface area contributed by atoms with Gasteiger partial charge in [0.2, 0.25) is 0 Å². The third-order valence-electron chi connectivity index (χ3n) is 4.47. The fourth-order valence-electron chi connectivity index (χ4n) is 2.92. The molecular formula is C23H15ClF3N3OS. The second-order valence-electron chi connectivity index (χ2n) is 6.78. The van der Waals surface area contributed by atoms with E-state index in [1.54, 1.807) is 36.4 Å². The van der Waals surface area contributed by atoms with Crippen LogP contribution in [0.5, 0.6) is 0 Å². The van der Waals surface area contributed by atoms with Crippen LogP contribution < -0.4 is 10.6 Å². The van der Waals surface area contributed by atoms with Crippen molar-refractivity contribution < 1.29 is 18.0 Å². The zero-order valence-corrected chi connectivity index (χ0v) is 17.9. The minimum atomic E-state index is -4.51. The highest BCUT2D eigenvalue weighted by molar-refractivity contribution is 7.14. The van der Waals surface area contributed by atoms with E-state index >= 15 is 0 Å². The van der Waals surface area contributed by atoms with Gasteiger partial charge in [0, 0.05) is 32.9 Å². The number of nitrogens with one attached hydrogen (secondary N) is 2. The fourth-order valence-corrected chi connectivity index (χ4v) is 3.85. The molecule has 162 valence electrons. The largest absolute Gasteiger partial charge is 0.416 e. The molecular weight excluding hydrogens is 459 g/mol. The van der Waals surface area contributed by atoms with E-state index in [-0.39, 0.29) is 5.56 Å². The Morgan fingerprint density at radius 1 is 0.938 bits per heavy atom. The lowest BCUT2D eigenvalue weighted by Gasteiger charge is -2.09. The number of benzene rings is 3.